The number of rotatable bonds is 2. The Morgan fingerprint density at radius 1 is 1.44 bits per heavy atom. The lowest BCUT2D eigenvalue weighted by atomic mass is 10.2. The highest BCUT2D eigenvalue weighted by atomic mass is 35.5. The van der Waals surface area contributed by atoms with Crippen molar-refractivity contribution < 1.29 is 9.90 Å². The number of aromatic nitrogens is 2. The summed E-state index contributed by atoms with van der Waals surface area (Å²) in [6.45, 7) is 0. The van der Waals surface area contributed by atoms with Crippen molar-refractivity contribution >= 4 is 23.3 Å². The van der Waals surface area contributed by atoms with E-state index < -0.39 is 5.91 Å². The second-order valence-electron chi connectivity index (χ2n) is 3.09. The van der Waals surface area contributed by atoms with Gasteiger partial charge in [0.1, 0.15) is 11.6 Å². The van der Waals surface area contributed by atoms with Crippen LogP contribution in [0.1, 0.15) is 10.4 Å². The topological polar surface area (TPSA) is 78.0 Å². The van der Waals surface area contributed by atoms with E-state index in [-0.39, 0.29) is 11.3 Å². The van der Waals surface area contributed by atoms with Gasteiger partial charge in [0, 0.05) is 11.1 Å². The average molecular weight is 238 g/mol. The Bertz CT molecular complexity index is 511. The van der Waals surface area contributed by atoms with Crippen molar-refractivity contribution in [1.29, 1.82) is 0 Å². The zero-order valence-corrected chi connectivity index (χ0v) is 8.82. The molecule has 6 heteroatoms. The van der Waals surface area contributed by atoms with E-state index in [9.17, 15) is 9.90 Å². The third-order valence-corrected chi connectivity index (χ3v) is 2.19. The van der Waals surface area contributed by atoms with Gasteiger partial charge in [-0.25, -0.2) is 0 Å². The molecule has 5 nitrogen and oxygen atoms in total. The quantitative estimate of drug-likeness (QED) is 0.748. The third-order valence-electron chi connectivity index (χ3n) is 1.95. The van der Waals surface area contributed by atoms with Crippen molar-refractivity contribution in [2.24, 2.45) is 0 Å². The molecule has 0 aliphatic carbocycles. The Hall–Kier alpha value is -2.01. The molecule has 82 valence electrons. The summed E-state index contributed by atoms with van der Waals surface area (Å²) < 4.78 is 0. The number of H-pyrrole nitrogens is 1. The van der Waals surface area contributed by atoms with Crippen molar-refractivity contribution in [1.82, 2.24) is 10.2 Å². The van der Waals surface area contributed by atoms with Gasteiger partial charge in [0.15, 0.2) is 0 Å². The highest BCUT2D eigenvalue weighted by Crippen LogP contribution is 2.22. The molecule has 0 aliphatic rings. The number of nitrogens with zero attached hydrogens (tertiary/aromatic N) is 1. The molecule has 0 radical (unpaired) electrons. The molecule has 0 saturated heterocycles. The van der Waals surface area contributed by atoms with E-state index in [1.807, 2.05) is 0 Å². The fourth-order valence-electron chi connectivity index (χ4n) is 1.21. The summed E-state index contributed by atoms with van der Waals surface area (Å²) in [5, 5.41) is 18.7. The maximum Gasteiger partial charge on any atom is 0.260 e. The lowest BCUT2D eigenvalue weighted by Crippen LogP contribution is -2.12. The lowest BCUT2D eigenvalue weighted by molar-refractivity contribution is 0.102. The number of hydrogen-bond acceptors (Lipinski definition) is 3. The molecule has 0 spiro atoms. The van der Waals surface area contributed by atoms with Gasteiger partial charge in [0.2, 0.25) is 0 Å². The van der Waals surface area contributed by atoms with Crippen LogP contribution < -0.4 is 5.32 Å². The zero-order chi connectivity index (χ0) is 11.5. The van der Waals surface area contributed by atoms with Crippen molar-refractivity contribution in [2.75, 3.05) is 5.32 Å². The SMILES string of the molecule is O=C(Nc1ccn[nH]1)c1cc(Cl)ccc1O. The van der Waals surface area contributed by atoms with Crippen LogP contribution in [0.25, 0.3) is 0 Å². The number of amides is 1. The molecule has 0 atom stereocenters. The molecule has 1 aromatic heterocycles. The van der Waals surface area contributed by atoms with Gasteiger partial charge in [-0.2, -0.15) is 5.10 Å². The molecule has 1 amide bonds. The van der Waals surface area contributed by atoms with Crippen LogP contribution in [-0.2, 0) is 0 Å². The molecule has 0 fully saturated rings. The minimum atomic E-state index is -0.454. The summed E-state index contributed by atoms with van der Waals surface area (Å²) in [5.74, 6) is -0.130. The van der Waals surface area contributed by atoms with Crippen LogP contribution in [0.5, 0.6) is 5.75 Å². The Balaban J connectivity index is 2.24. The van der Waals surface area contributed by atoms with Crippen molar-refractivity contribution in [2.45, 2.75) is 0 Å². The molecular formula is C10H8ClN3O2. The summed E-state index contributed by atoms with van der Waals surface area (Å²) in [4.78, 5) is 11.7. The molecule has 1 aromatic carbocycles. The van der Waals surface area contributed by atoms with E-state index in [0.717, 1.165) is 0 Å². The fourth-order valence-corrected chi connectivity index (χ4v) is 1.38. The van der Waals surface area contributed by atoms with Crippen molar-refractivity contribution in [3.8, 4) is 5.75 Å². The van der Waals surface area contributed by atoms with Gasteiger partial charge in [-0.15, -0.1) is 0 Å². The zero-order valence-electron chi connectivity index (χ0n) is 8.07. The predicted molar refractivity (Wildman–Crippen MR) is 59.7 cm³/mol. The van der Waals surface area contributed by atoms with Gasteiger partial charge in [0.25, 0.3) is 5.91 Å². The molecule has 16 heavy (non-hydrogen) atoms. The highest BCUT2D eigenvalue weighted by Gasteiger charge is 2.12. The number of carbonyl (C=O) groups is 1. The van der Waals surface area contributed by atoms with Crippen LogP contribution in [0.4, 0.5) is 5.82 Å². The highest BCUT2D eigenvalue weighted by molar-refractivity contribution is 6.31. The first-order valence-corrected chi connectivity index (χ1v) is 4.84. The number of aromatic amines is 1. The van der Waals surface area contributed by atoms with E-state index in [2.05, 4.69) is 15.5 Å². The first-order chi connectivity index (χ1) is 7.66. The Labute approximate surface area is 96.1 Å². The molecule has 0 aliphatic heterocycles. The van der Waals surface area contributed by atoms with Crippen LogP contribution in [0.15, 0.2) is 30.5 Å². The Morgan fingerprint density at radius 3 is 2.94 bits per heavy atom. The van der Waals surface area contributed by atoms with Crippen LogP contribution in [-0.4, -0.2) is 21.2 Å². The first-order valence-electron chi connectivity index (χ1n) is 4.46. The molecular weight excluding hydrogens is 230 g/mol. The fraction of sp³-hybridized carbons (Fsp3) is 0. The van der Waals surface area contributed by atoms with Crippen LogP contribution in [0, 0.1) is 0 Å². The Morgan fingerprint density at radius 2 is 2.25 bits per heavy atom. The van der Waals surface area contributed by atoms with Crippen LogP contribution in [0.3, 0.4) is 0 Å². The summed E-state index contributed by atoms with van der Waals surface area (Å²) in [7, 11) is 0. The second-order valence-corrected chi connectivity index (χ2v) is 3.52. The van der Waals surface area contributed by atoms with Gasteiger partial charge in [-0.1, -0.05) is 11.6 Å². The molecule has 0 saturated carbocycles. The van der Waals surface area contributed by atoms with Crippen LogP contribution in [0.2, 0.25) is 5.02 Å². The largest absolute Gasteiger partial charge is 0.507 e. The first kappa shape index (κ1) is 10.5. The number of aromatic hydroxyl groups is 1. The molecule has 0 unspecified atom stereocenters. The summed E-state index contributed by atoms with van der Waals surface area (Å²) in [6, 6.07) is 5.86. The standard InChI is InChI=1S/C10H8ClN3O2/c11-6-1-2-8(15)7(5-6)10(16)13-9-3-4-12-14-9/h1-5,15H,(H2,12,13,14,16). The van der Waals surface area contributed by atoms with Gasteiger partial charge in [0.05, 0.1) is 11.8 Å². The van der Waals surface area contributed by atoms with Crippen molar-refractivity contribution in [3.63, 3.8) is 0 Å². The minimum Gasteiger partial charge on any atom is -0.507 e. The normalized spacial score (nSPS) is 10.1. The minimum absolute atomic E-state index is 0.113. The van der Waals surface area contributed by atoms with E-state index in [4.69, 9.17) is 11.6 Å². The average Bonchev–Trinajstić information content (AvgIpc) is 2.74. The maximum absolute atomic E-state index is 11.7. The molecule has 0 bridgehead atoms. The number of carbonyl (C=O) groups excluding carboxylic acids is 1. The summed E-state index contributed by atoms with van der Waals surface area (Å²) in [5.41, 5.74) is 0.113. The molecule has 2 rings (SSSR count). The van der Waals surface area contributed by atoms with Gasteiger partial charge < -0.3 is 10.4 Å². The van der Waals surface area contributed by atoms with E-state index in [0.29, 0.717) is 10.8 Å². The van der Waals surface area contributed by atoms with Gasteiger partial charge in [-0.3, -0.25) is 9.89 Å². The van der Waals surface area contributed by atoms with E-state index >= 15 is 0 Å². The number of nitrogens with one attached hydrogen (secondary N) is 2. The molecule has 1 heterocycles. The van der Waals surface area contributed by atoms with E-state index in [1.165, 1.54) is 24.4 Å². The number of phenolic OH excluding ortho intramolecular Hbond substituents is 1. The lowest BCUT2D eigenvalue weighted by Gasteiger charge is -2.04. The summed E-state index contributed by atoms with van der Waals surface area (Å²) in [6.07, 6.45) is 1.51. The maximum atomic E-state index is 11.7. The number of anilines is 1. The van der Waals surface area contributed by atoms with Gasteiger partial charge >= 0.3 is 0 Å². The number of halogens is 1. The summed E-state index contributed by atoms with van der Waals surface area (Å²) >= 11 is 5.73. The molecule has 2 aromatic rings. The third kappa shape index (κ3) is 2.14. The van der Waals surface area contributed by atoms with E-state index in [1.54, 1.807) is 6.07 Å². The van der Waals surface area contributed by atoms with Crippen LogP contribution >= 0.6 is 11.6 Å². The molecule has 3 N–H and O–H groups in total. The Kier molecular flexibility index (Phi) is 2.78. The number of benzene rings is 1. The number of hydrogen-bond donors (Lipinski definition) is 3. The smallest absolute Gasteiger partial charge is 0.260 e. The monoisotopic (exact) mass is 237 g/mol. The second kappa shape index (κ2) is 4.24. The van der Waals surface area contributed by atoms with Gasteiger partial charge in [-0.05, 0) is 18.2 Å². The predicted octanol–water partition coefficient (Wildman–Crippen LogP) is 2.02. The van der Waals surface area contributed by atoms with Crippen molar-refractivity contribution in [3.05, 3.63) is 41.0 Å². The number of phenols is 1.